The lowest BCUT2D eigenvalue weighted by atomic mass is 10.1. The van der Waals surface area contributed by atoms with Crippen LogP contribution in [0.25, 0.3) is 10.4 Å². The Morgan fingerprint density at radius 3 is 2.56 bits per heavy atom. The van der Waals surface area contributed by atoms with E-state index >= 15 is 0 Å². The fourth-order valence-corrected chi connectivity index (χ4v) is 2.73. The summed E-state index contributed by atoms with van der Waals surface area (Å²) >= 11 is 1.58. The average molecular weight is 231 g/mol. The number of nitrogens with zero attached hydrogens (tertiary/aromatic N) is 1. The summed E-state index contributed by atoms with van der Waals surface area (Å²) in [4.78, 5) is 16.8. The highest BCUT2D eigenvalue weighted by atomic mass is 32.1. The number of Topliss-reactive ketones (excluding diaryl/α,β-unsaturated/α-hetero) is 1. The van der Waals surface area contributed by atoms with Gasteiger partial charge in [0.15, 0.2) is 5.78 Å². The highest BCUT2D eigenvalue weighted by molar-refractivity contribution is 7.15. The first-order chi connectivity index (χ1) is 7.59. The summed E-state index contributed by atoms with van der Waals surface area (Å²) in [5, 5.41) is 0.934. The van der Waals surface area contributed by atoms with Gasteiger partial charge in [0.2, 0.25) is 0 Å². The van der Waals surface area contributed by atoms with E-state index in [0.717, 1.165) is 15.4 Å². The minimum atomic E-state index is 0.0302. The van der Waals surface area contributed by atoms with Crippen molar-refractivity contribution in [2.45, 2.75) is 20.8 Å². The van der Waals surface area contributed by atoms with Crippen LogP contribution in [-0.4, -0.2) is 10.8 Å². The number of aromatic nitrogens is 1. The zero-order valence-corrected chi connectivity index (χ0v) is 10.4. The molecule has 0 fully saturated rings. The van der Waals surface area contributed by atoms with E-state index in [4.69, 9.17) is 0 Å². The van der Waals surface area contributed by atoms with E-state index in [9.17, 15) is 4.79 Å². The van der Waals surface area contributed by atoms with Gasteiger partial charge in [0, 0.05) is 6.92 Å². The number of ketones is 1. The second-order valence-corrected chi connectivity index (χ2v) is 4.98. The zero-order chi connectivity index (χ0) is 11.7. The van der Waals surface area contributed by atoms with Crippen molar-refractivity contribution in [2.24, 2.45) is 0 Å². The standard InChI is InChI=1S/C13H13NOS/c1-8-6-4-5-7-11(8)13-12(9(2)15)14-10(3)16-13/h4-7H,1-3H3. The highest BCUT2D eigenvalue weighted by Gasteiger charge is 2.15. The van der Waals surface area contributed by atoms with E-state index < -0.39 is 0 Å². The van der Waals surface area contributed by atoms with Crippen LogP contribution in [0.3, 0.4) is 0 Å². The van der Waals surface area contributed by atoms with Gasteiger partial charge in [-0.05, 0) is 25.0 Å². The minimum Gasteiger partial charge on any atom is -0.293 e. The van der Waals surface area contributed by atoms with Gasteiger partial charge in [0.25, 0.3) is 0 Å². The molecule has 0 saturated heterocycles. The van der Waals surface area contributed by atoms with Crippen LogP contribution >= 0.6 is 11.3 Å². The number of hydrogen-bond acceptors (Lipinski definition) is 3. The number of benzene rings is 1. The van der Waals surface area contributed by atoms with Crippen molar-refractivity contribution in [3.05, 3.63) is 40.5 Å². The summed E-state index contributed by atoms with van der Waals surface area (Å²) in [6.07, 6.45) is 0. The average Bonchev–Trinajstić information content (AvgIpc) is 2.61. The number of aryl methyl sites for hydroxylation is 2. The van der Waals surface area contributed by atoms with Gasteiger partial charge in [-0.3, -0.25) is 4.79 Å². The summed E-state index contributed by atoms with van der Waals surface area (Å²) in [7, 11) is 0. The van der Waals surface area contributed by atoms with Gasteiger partial charge in [-0.15, -0.1) is 11.3 Å². The fraction of sp³-hybridized carbons (Fsp3) is 0.231. The minimum absolute atomic E-state index is 0.0302. The molecule has 2 aromatic rings. The number of carbonyl (C=O) groups excluding carboxylic acids is 1. The normalized spacial score (nSPS) is 10.4. The second-order valence-electron chi connectivity index (χ2n) is 3.78. The van der Waals surface area contributed by atoms with Crippen LogP contribution in [0.1, 0.15) is 28.0 Å². The topological polar surface area (TPSA) is 30.0 Å². The number of thiazole rings is 1. The van der Waals surface area contributed by atoms with Crippen LogP contribution in [0, 0.1) is 13.8 Å². The highest BCUT2D eigenvalue weighted by Crippen LogP contribution is 2.32. The molecule has 0 aliphatic heterocycles. The molecule has 1 aromatic heterocycles. The van der Waals surface area contributed by atoms with Crippen LogP contribution < -0.4 is 0 Å². The van der Waals surface area contributed by atoms with Crippen molar-refractivity contribution in [3.63, 3.8) is 0 Å². The molecular weight excluding hydrogens is 218 g/mol. The van der Waals surface area contributed by atoms with Crippen LogP contribution in [-0.2, 0) is 0 Å². The predicted octanol–water partition coefficient (Wildman–Crippen LogP) is 3.63. The lowest BCUT2D eigenvalue weighted by molar-refractivity contribution is 0.101. The summed E-state index contributed by atoms with van der Waals surface area (Å²) in [6.45, 7) is 5.55. The molecule has 0 aliphatic carbocycles. The van der Waals surface area contributed by atoms with Crippen LogP contribution in [0.4, 0.5) is 0 Å². The van der Waals surface area contributed by atoms with E-state index in [1.165, 1.54) is 5.56 Å². The van der Waals surface area contributed by atoms with Crippen molar-refractivity contribution >= 4 is 17.1 Å². The Labute approximate surface area is 99.0 Å². The van der Waals surface area contributed by atoms with Gasteiger partial charge < -0.3 is 0 Å². The van der Waals surface area contributed by atoms with Gasteiger partial charge in [0.1, 0.15) is 5.69 Å². The number of rotatable bonds is 2. The molecule has 0 saturated carbocycles. The van der Waals surface area contributed by atoms with E-state index in [0.29, 0.717) is 5.69 Å². The Morgan fingerprint density at radius 1 is 1.25 bits per heavy atom. The summed E-state index contributed by atoms with van der Waals surface area (Å²) < 4.78 is 0. The third-order valence-corrected chi connectivity index (χ3v) is 3.46. The molecule has 3 heteroatoms. The summed E-state index contributed by atoms with van der Waals surface area (Å²) in [5.41, 5.74) is 2.88. The quantitative estimate of drug-likeness (QED) is 0.739. The largest absolute Gasteiger partial charge is 0.293 e. The Bertz CT molecular complexity index is 543. The lowest BCUT2D eigenvalue weighted by Gasteiger charge is -2.03. The Morgan fingerprint density at radius 2 is 1.94 bits per heavy atom. The van der Waals surface area contributed by atoms with Gasteiger partial charge in [0.05, 0.1) is 9.88 Å². The molecule has 1 aromatic carbocycles. The van der Waals surface area contributed by atoms with Gasteiger partial charge in [-0.1, -0.05) is 24.3 Å². The Hall–Kier alpha value is -1.48. The lowest BCUT2D eigenvalue weighted by Crippen LogP contribution is -1.95. The van der Waals surface area contributed by atoms with Gasteiger partial charge in [-0.25, -0.2) is 4.98 Å². The molecule has 2 rings (SSSR count). The van der Waals surface area contributed by atoms with Gasteiger partial charge >= 0.3 is 0 Å². The fourth-order valence-electron chi connectivity index (χ4n) is 1.68. The first kappa shape index (κ1) is 11.0. The van der Waals surface area contributed by atoms with Crippen molar-refractivity contribution in [1.82, 2.24) is 4.98 Å². The Kier molecular flexibility index (Phi) is 2.88. The molecule has 0 N–H and O–H groups in total. The molecule has 1 heterocycles. The SMILES string of the molecule is CC(=O)c1nc(C)sc1-c1ccccc1C. The molecule has 0 unspecified atom stereocenters. The molecule has 16 heavy (non-hydrogen) atoms. The number of carbonyl (C=O) groups is 1. The number of hydrogen-bond donors (Lipinski definition) is 0. The molecule has 82 valence electrons. The van der Waals surface area contributed by atoms with Gasteiger partial charge in [-0.2, -0.15) is 0 Å². The second kappa shape index (κ2) is 4.18. The van der Waals surface area contributed by atoms with Crippen molar-refractivity contribution in [2.75, 3.05) is 0 Å². The third-order valence-electron chi connectivity index (χ3n) is 2.46. The molecule has 2 nitrogen and oxygen atoms in total. The van der Waals surface area contributed by atoms with Crippen molar-refractivity contribution in [1.29, 1.82) is 0 Å². The van der Waals surface area contributed by atoms with Crippen molar-refractivity contribution in [3.8, 4) is 10.4 Å². The van der Waals surface area contributed by atoms with Crippen LogP contribution in [0.15, 0.2) is 24.3 Å². The van der Waals surface area contributed by atoms with Crippen molar-refractivity contribution < 1.29 is 4.79 Å². The molecule has 0 aliphatic rings. The maximum Gasteiger partial charge on any atom is 0.179 e. The summed E-state index contributed by atoms with van der Waals surface area (Å²) in [5.74, 6) is 0.0302. The molecule has 0 atom stereocenters. The van der Waals surface area contributed by atoms with E-state index in [2.05, 4.69) is 4.98 Å². The van der Waals surface area contributed by atoms with Crippen LogP contribution in [0.2, 0.25) is 0 Å². The monoisotopic (exact) mass is 231 g/mol. The first-order valence-corrected chi connectivity index (χ1v) is 5.95. The van der Waals surface area contributed by atoms with E-state index in [-0.39, 0.29) is 5.78 Å². The van der Waals surface area contributed by atoms with E-state index in [1.807, 2.05) is 38.1 Å². The van der Waals surface area contributed by atoms with E-state index in [1.54, 1.807) is 18.3 Å². The van der Waals surface area contributed by atoms with Crippen LogP contribution in [0.5, 0.6) is 0 Å². The molecule has 0 bridgehead atoms. The molecule has 0 radical (unpaired) electrons. The maximum absolute atomic E-state index is 11.5. The third kappa shape index (κ3) is 1.91. The molecular formula is C13H13NOS. The molecule has 0 spiro atoms. The zero-order valence-electron chi connectivity index (χ0n) is 9.57. The Balaban J connectivity index is 2.64. The predicted molar refractivity (Wildman–Crippen MR) is 67.0 cm³/mol. The first-order valence-electron chi connectivity index (χ1n) is 5.14. The maximum atomic E-state index is 11.5. The smallest absolute Gasteiger partial charge is 0.179 e. The molecule has 0 amide bonds. The summed E-state index contributed by atoms with van der Waals surface area (Å²) in [6, 6.07) is 8.07.